The number of halogens is 3. The van der Waals surface area contributed by atoms with Crippen molar-refractivity contribution >= 4 is 12.9 Å². The predicted octanol–water partition coefficient (Wildman–Crippen LogP) is -11.1. The predicted molar refractivity (Wildman–Crippen MR) is 53.0 cm³/mol. The molecule has 0 aliphatic heterocycles. The Morgan fingerprint density at radius 2 is 0.500 bits per heavy atom. The van der Waals surface area contributed by atoms with Gasteiger partial charge in [0.2, 0.25) is 0 Å². The van der Waals surface area contributed by atoms with Crippen molar-refractivity contribution < 1.29 is 101 Å². The summed E-state index contributed by atoms with van der Waals surface area (Å²) in [7, 11) is 0. The first-order chi connectivity index (χ1) is 2.83. The molecular weight excluding hydrogens is 525 g/mol. The molecule has 0 saturated heterocycles. The Morgan fingerprint density at radius 1 is 0.500 bits per heavy atom. The second kappa shape index (κ2) is 947. The van der Waals surface area contributed by atoms with Crippen molar-refractivity contribution in [2.24, 2.45) is 0 Å². The Balaban J connectivity index is -0.000000000672. The van der Waals surface area contributed by atoms with Crippen LogP contribution in [0.25, 0.3) is 0 Å². The average Bonchev–Trinajstić information content (AvgIpc) is 1.39. The topological polar surface area (TPSA) is 389 Å². The van der Waals surface area contributed by atoms with E-state index in [2.05, 4.69) is 0 Å². The van der Waals surface area contributed by atoms with Gasteiger partial charge in [-0.2, -0.15) is 0 Å². The SMILES string of the molecule is N.N.N.N.N.N.N.N.O=C[O-].O=C[O-].[Cl-].[Cl-].[Cl-].[O-2].[Ru].[Ru]. The monoisotopic (exact) mass is 551 g/mol. The van der Waals surface area contributed by atoms with E-state index in [1.54, 1.807) is 0 Å². The molecule has 18 heteroatoms. The minimum atomic E-state index is -0.500. The molecule has 0 rings (SSSR count). The Hall–Kier alpha value is 0.697. The van der Waals surface area contributed by atoms with Crippen LogP contribution in [0, 0.1) is 0 Å². The summed E-state index contributed by atoms with van der Waals surface area (Å²) in [6.45, 7) is -1.00. The van der Waals surface area contributed by atoms with E-state index in [0.717, 1.165) is 0 Å². The van der Waals surface area contributed by atoms with E-state index in [-0.39, 0.29) is 131 Å². The van der Waals surface area contributed by atoms with Crippen LogP contribution in [0.15, 0.2) is 0 Å². The molecular formula is C2H26Cl3N8O5Ru2-7. The molecule has 0 atom stereocenters. The summed E-state index contributed by atoms with van der Waals surface area (Å²) in [6, 6.07) is 0. The van der Waals surface area contributed by atoms with Crippen molar-refractivity contribution in [1.29, 1.82) is 0 Å². The van der Waals surface area contributed by atoms with E-state index in [4.69, 9.17) is 19.8 Å². The number of hydrogen-bond acceptors (Lipinski definition) is 12. The summed E-state index contributed by atoms with van der Waals surface area (Å²) >= 11 is 0. The van der Waals surface area contributed by atoms with Crippen LogP contribution in [0.3, 0.4) is 0 Å². The van der Waals surface area contributed by atoms with Crippen LogP contribution < -0.4 is 96.6 Å². The number of carbonyl (C=O) groups is 2. The van der Waals surface area contributed by atoms with Gasteiger partial charge in [0.1, 0.15) is 0 Å². The normalized spacial score (nSPS) is 1.20. The van der Waals surface area contributed by atoms with E-state index >= 15 is 0 Å². The van der Waals surface area contributed by atoms with Gasteiger partial charge in [0.15, 0.2) is 0 Å². The molecule has 0 spiro atoms. The summed E-state index contributed by atoms with van der Waals surface area (Å²) in [4.78, 5) is 16.5. The van der Waals surface area contributed by atoms with Crippen LogP contribution in [0.4, 0.5) is 0 Å². The Morgan fingerprint density at radius 3 is 0.500 bits per heavy atom. The van der Waals surface area contributed by atoms with Gasteiger partial charge in [-0.1, -0.05) is 0 Å². The maximum absolute atomic E-state index is 8.25. The third kappa shape index (κ3) is 12100. The van der Waals surface area contributed by atoms with Gasteiger partial charge in [-0.3, -0.25) is 0 Å². The Labute approximate surface area is 163 Å². The zero-order valence-electron chi connectivity index (χ0n) is 10.7. The molecule has 0 amide bonds. The third-order valence-corrected chi connectivity index (χ3v) is 0. The van der Waals surface area contributed by atoms with E-state index in [1.807, 2.05) is 0 Å². The quantitative estimate of drug-likeness (QED) is 0.103. The zero-order chi connectivity index (χ0) is 5.41. The first kappa shape index (κ1) is 364. The maximum atomic E-state index is 8.25. The van der Waals surface area contributed by atoms with Crippen molar-refractivity contribution in [2.45, 2.75) is 0 Å². The Bertz CT molecular complexity index is 63.1. The number of carbonyl (C=O) groups excluding carboxylic acids is 2. The standard InChI is InChI=1S/2CH2O2.3ClH.8H3N.O.2Ru/c2*2-1-3;;;;;;;;;;;;;;/h2*1H,(H,2,3);3*1H;8*1H3;;;/q;;;;;;;;;;;;;-2;;/p-5. The summed E-state index contributed by atoms with van der Waals surface area (Å²) < 4.78 is 0. The van der Waals surface area contributed by atoms with Crippen molar-refractivity contribution in [3.63, 3.8) is 0 Å². The fraction of sp³-hybridized carbons (Fsp3) is 0. The summed E-state index contributed by atoms with van der Waals surface area (Å²) in [5, 5.41) is 16.5. The molecule has 0 radical (unpaired) electrons. The van der Waals surface area contributed by atoms with Gasteiger partial charge in [0.25, 0.3) is 0 Å². The minimum absolute atomic E-state index is 0. The van der Waals surface area contributed by atoms with Crippen LogP contribution in [-0.4, -0.2) is 12.9 Å². The van der Waals surface area contributed by atoms with Crippen molar-refractivity contribution in [1.82, 2.24) is 49.2 Å². The minimum Gasteiger partial charge on any atom is -2.00 e. The van der Waals surface area contributed by atoms with Crippen molar-refractivity contribution in [3.05, 3.63) is 0 Å². The van der Waals surface area contributed by atoms with Crippen LogP contribution >= 0.6 is 0 Å². The molecule has 0 aromatic carbocycles. The van der Waals surface area contributed by atoms with Crippen LogP contribution in [-0.2, 0) is 54.0 Å². The smallest absolute Gasteiger partial charge is 0.0275 e. The molecule has 0 aliphatic carbocycles. The molecule has 0 heterocycles. The fourth-order valence-electron chi connectivity index (χ4n) is 0. The molecule has 0 aromatic rings. The van der Waals surface area contributed by atoms with E-state index < -0.39 is 12.9 Å². The second-order valence-electron chi connectivity index (χ2n) is 0.192. The molecule has 0 aromatic heterocycles. The van der Waals surface area contributed by atoms with Gasteiger partial charge in [-0.25, -0.2) is 0 Å². The largest absolute Gasteiger partial charge is 2.00 e. The summed E-state index contributed by atoms with van der Waals surface area (Å²) in [5.74, 6) is 0. The van der Waals surface area contributed by atoms with Crippen LogP contribution in [0.1, 0.15) is 0 Å². The maximum Gasteiger partial charge on any atom is 0.0275 e. The Kier molecular flexibility index (Phi) is 17200. The van der Waals surface area contributed by atoms with Crippen molar-refractivity contribution in [3.8, 4) is 0 Å². The fourth-order valence-corrected chi connectivity index (χ4v) is 0. The number of rotatable bonds is 0. The number of carboxylic acid groups (broad SMARTS) is 2. The first-order valence-corrected chi connectivity index (χ1v) is 0.943. The molecule has 24 N–H and O–H groups in total. The van der Waals surface area contributed by atoms with Gasteiger partial charge >= 0.3 is 0 Å². The summed E-state index contributed by atoms with van der Waals surface area (Å²) in [6.07, 6.45) is 0. The van der Waals surface area contributed by atoms with Gasteiger partial charge < -0.3 is 112 Å². The molecule has 148 valence electrons. The number of hydrogen-bond donors (Lipinski definition) is 8. The van der Waals surface area contributed by atoms with E-state index in [0.29, 0.717) is 0 Å². The second-order valence-corrected chi connectivity index (χ2v) is 0.192. The van der Waals surface area contributed by atoms with E-state index in [1.165, 1.54) is 0 Å². The summed E-state index contributed by atoms with van der Waals surface area (Å²) in [5.41, 5.74) is 0. The molecule has 0 fully saturated rings. The molecule has 13 nitrogen and oxygen atoms in total. The molecule has 0 aliphatic rings. The molecule has 0 bridgehead atoms. The van der Waals surface area contributed by atoms with Gasteiger partial charge in [-0.05, 0) is 0 Å². The van der Waals surface area contributed by atoms with Crippen molar-refractivity contribution in [2.75, 3.05) is 0 Å². The van der Waals surface area contributed by atoms with Crippen LogP contribution in [0.2, 0.25) is 0 Å². The average molecular weight is 551 g/mol. The molecule has 0 unspecified atom stereocenters. The van der Waals surface area contributed by atoms with Gasteiger partial charge in [0.05, 0.1) is 0 Å². The molecule has 0 saturated carbocycles. The van der Waals surface area contributed by atoms with Gasteiger partial charge in [0, 0.05) is 51.9 Å². The van der Waals surface area contributed by atoms with Gasteiger partial charge in [-0.15, -0.1) is 0 Å². The van der Waals surface area contributed by atoms with Crippen LogP contribution in [0.5, 0.6) is 0 Å². The third-order valence-electron chi connectivity index (χ3n) is 0. The zero-order valence-corrected chi connectivity index (χ0v) is 16.4. The van der Waals surface area contributed by atoms with E-state index in [9.17, 15) is 0 Å². The first-order valence-electron chi connectivity index (χ1n) is 0.943. The molecule has 20 heavy (non-hydrogen) atoms.